The maximum Gasteiger partial charge on any atom is 0.216 e. The SMILES string of the molecule is CCc1nc2cc(Br)cc(CCCNC(C)=O)c2o1. The van der Waals surface area contributed by atoms with Crippen LogP contribution in [0.15, 0.2) is 21.0 Å². The molecule has 0 saturated carbocycles. The number of rotatable bonds is 5. The first-order chi connectivity index (χ1) is 9.10. The molecular weight excluding hydrogens is 308 g/mol. The van der Waals surface area contributed by atoms with E-state index in [2.05, 4.69) is 32.3 Å². The quantitative estimate of drug-likeness (QED) is 0.859. The van der Waals surface area contributed by atoms with Crippen molar-refractivity contribution in [1.82, 2.24) is 10.3 Å². The fourth-order valence-electron chi connectivity index (χ4n) is 1.99. The number of amides is 1. The van der Waals surface area contributed by atoms with Crippen LogP contribution in [0.2, 0.25) is 0 Å². The molecule has 0 atom stereocenters. The van der Waals surface area contributed by atoms with Gasteiger partial charge in [-0.3, -0.25) is 4.79 Å². The molecule has 1 N–H and O–H groups in total. The second-order valence-corrected chi connectivity index (χ2v) is 5.38. The van der Waals surface area contributed by atoms with Gasteiger partial charge in [0, 0.05) is 24.4 Å². The number of fused-ring (bicyclic) bond motifs is 1. The lowest BCUT2D eigenvalue weighted by Gasteiger charge is -2.04. The average molecular weight is 325 g/mol. The third-order valence-electron chi connectivity index (χ3n) is 2.88. The molecule has 2 rings (SSSR count). The number of carbonyl (C=O) groups excluding carboxylic acids is 1. The highest BCUT2D eigenvalue weighted by atomic mass is 79.9. The van der Waals surface area contributed by atoms with Crippen molar-refractivity contribution in [3.63, 3.8) is 0 Å². The monoisotopic (exact) mass is 324 g/mol. The maximum atomic E-state index is 10.8. The first-order valence-electron chi connectivity index (χ1n) is 6.42. The molecule has 2 aromatic rings. The van der Waals surface area contributed by atoms with Gasteiger partial charge in [-0.2, -0.15) is 0 Å². The molecule has 0 aliphatic rings. The Kier molecular flexibility index (Phi) is 4.58. The van der Waals surface area contributed by atoms with Gasteiger partial charge in [0.15, 0.2) is 11.5 Å². The zero-order valence-electron chi connectivity index (χ0n) is 11.1. The highest BCUT2D eigenvalue weighted by Crippen LogP contribution is 2.26. The third kappa shape index (κ3) is 3.56. The van der Waals surface area contributed by atoms with Crippen molar-refractivity contribution < 1.29 is 9.21 Å². The molecular formula is C14H17BrN2O2. The maximum absolute atomic E-state index is 10.8. The number of hydrogen-bond donors (Lipinski definition) is 1. The van der Waals surface area contributed by atoms with Crippen LogP contribution in [0, 0.1) is 0 Å². The van der Waals surface area contributed by atoms with E-state index in [0.29, 0.717) is 6.54 Å². The van der Waals surface area contributed by atoms with E-state index in [4.69, 9.17) is 4.42 Å². The number of aromatic nitrogens is 1. The van der Waals surface area contributed by atoms with Gasteiger partial charge in [0.25, 0.3) is 0 Å². The number of nitrogens with one attached hydrogen (secondary N) is 1. The number of nitrogens with zero attached hydrogens (tertiary/aromatic N) is 1. The van der Waals surface area contributed by atoms with E-state index in [1.54, 1.807) is 0 Å². The highest BCUT2D eigenvalue weighted by molar-refractivity contribution is 9.10. The summed E-state index contributed by atoms with van der Waals surface area (Å²) in [4.78, 5) is 15.3. The van der Waals surface area contributed by atoms with E-state index in [1.165, 1.54) is 6.92 Å². The van der Waals surface area contributed by atoms with Crippen LogP contribution in [-0.4, -0.2) is 17.4 Å². The van der Waals surface area contributed by atoms with E-state index in [0.717, 1.165) is 46.3 Å². The second-order valence-electron chi connectivity index (χ2n) is 4.46. The average Bonchev–Trinajstić information content (AvgIpc) is 2.77. The summed E-state index contributed by atoms with van der Waals surface area (Å²) in [6.45, 7) is 4.23. The summed E-state index contributed by atoms with van der Waals surface area (Å²) in [5.41, 5.74) is 2.88. The van der Waals surface area contributed by atoms with Crippen LogP contribution in [0.1, 0.15) is 31.7 Å². The number of hydrogen-bond acceptors (Lipinski definition) is 3. The third-order valence-corrected chi connectivity index (χ3v) is 3.33. The van der Waals surface area contributed by atoms with Crippen molar-refractivity contribution >= 4 is 32.9 Å². The smallest absolute Gasteiger partial charge is 0.216 e. The Bertz CT molecular complexity index is 592. The van der Waals surface area contributed by atoms with Crippen LogP contribution in [0.5, 0.6) is 0 Å². The Labute approximate surface area is 120 Å². The summed E-state index contributed by atoms with van der Waals surface area (Å²) in [5.74, 6) is 0.767. The minimum atomic E-state index is 0.00678. The van der Waals surface area contributed by atoms with Gasteiger partial charge in [0.2, 0.25) is 5.91 Å². The van der Waals surface area contributed by atoms with Gasteiger partial charge in [-0.15, -0.1) is 0 Å². The first-order valence-corrected chi connectivity index (χ1v) is 7.21. The largest absolute Gasteiger partial charge is 0.440 e. The molecule has 4 nitrogen and oxygen atoms in total. The molecule has 0 spiro atoms. The molecule has 0 aliphatic carbocycles. The molecule has 0 radical (unpaired) electrons. The molecule has 102 valence electrons. The van der Waals surface area contributed by atoms with Crippen molar-refractivity contribution in [1.29, 1.82) is 0 Å². The fraction of sp³-hybridized carbons (Fsp3) is 0.429. The summed E-state index contributed by atoms with van der Waals surface area (Å²) >= 11 is 3.50. The second kappa shape index (κ2) is 6.19. The first kappa shape index (κ1) is 14.1. The minimum absolute atomic E-state index is 0.00678. The topological polar surface area (TPSA) is 55.1 Å². The minimum Gasteiger partial charge on any atom is -0.440 e. The number of benzene rings is 1. The van der Waals surface area contributed by atoms with Crippen LogP contribution < -0.4 is 5.32 Å². The number of halogens is 1. The van der Waals surface area contributed by atoms with Gasteiger partial charge >= 0.3 is 0 Å². The van der Waals surface area contributed by atoms with Gasteiger partial charge in [0.1, 0.15) is 5.52 Å². The molecule has 1 aromatic heterocycles. The van der Waals surface area contributed by atoms with Gasteiger partial charge in [-0.25, -0.2) is 4.98 Å². The number of oxazole rings is 1. The van der Waals surface area contributed by atoms with Gasteiger partial charge in [-0.1, -0.05) is 22.9 Å². The predicted octanol–water partition coefficient (Wildman–Crippen LogP) is 3.22. The van der Waals surface area contributed by atoms with E-state index < -0.39 is 0 Å². The van der Waals surface area contributed by atoms with Gasteiger partial charge in [0.05, 0.1) is 0 Å². The Balaban J connectivity index is 2.16. The molecule has 0 fully saturated rings. The Morgan fingerprint density at radius 3 is 2.95 bits per heavy atom. The van der Waals surface area contributed by atoms with Crippen molar-refractivity contribution in [3.8, 4) is 0 Å². The highest BCUT2D eigenvalue weighted by Gasteiger charge is 2.10. The van der Waals surface area contributed by atoms with Crippen molar-refractivity contribution in [2.45, 2.75) is 33.1 Å². The van der Waals surface area contributed by atoms with E-state index in [9.17, 15) is 4.79 Å². The van der Waals surface area contributed by atoms with Crippen LogP contribution in [0.3, 0.4) is 0 Å². The lowest BCUT2D eigenvalue weighted by Crippen LogP contribution is -2.21. The van der Waals surface area contributed by atoms with Gasteiger partial charge < -0.3 is 9.73 Å². The van der Waals surface area contributed by atoms with E-state index in [-0.39, 0.29) is 5.91 Å². The number of carbonyl (C=O) groups is 1. The zero-order chi connectivity index (χ0) is 13.8. The molecule has 19 heavy (non-hydrogen) atoms. The van der Waals surface area contributed by atoms with Crippen molar-refractivity contribution in [2.75, 3.05) is 6.54 Å². The van der Waals surface area contributed by atoms with Crippen LogP contribution in [0.4, 0.5) is 0 Å². The molecule has 1 heterocycles. The zero-order valence-corrected chi connectivity index (χ0v) is 12.7. The standard InChI is InChI=1S/C14H17BrN2O2/c1-3-13-17-12-8-11(15)7-10(14(12)19-13)5-4-6-16-9(2)18/h7-8H,3-6H2,1-2H3,(H,16,18). The van der Waals surface area contributed by atoms with Crippen LogP contribution in [-0.2, 0) is 17.6 Å². The van der Waals surface area contributed by atoms with E-state index >= 15 is 0 Å². The normalized spacial score (nSPS) is 10.9. The Hall–Kier alpha value is -1.36. The lowest BCUT2D eigenvalue weighted by molar-refractivity contribution is -0.118. The lowest BCUT2D eigenvalue weighted by atomic mass is 10.1. The Morgan fingerprint density at radius 2 is 2.26 bits per heavy atom. The van der Waals surface area contributed by atoms with E-state index in [1.807, 2.05) is 13.0 Å². The van der Waals surface area contributed by atoms with Crippen LogP contribution in [0.25, 0.3) is 11.1 Å². The Morgan fingerprint density at radius 1 is 1.47 bits per heavy atom. The summed E-state index contributed by atoms with van der Waals surface area (Å²) in [5, 5.41) is 2.80. The summed E-state index contributed by atoms with van der Waals surface area (Å²) in [6, 6.07) is 4.02. The molecule has 0 saturated heterocycles. The van der Waals surface area contributed by atoms with Crippen molar-refractivity contribution in [2.24, 2.45) is 0 Å². The molecule has 0 aliphatic heterocycles. The molecule has 1 amide bonds. The number of aryl methyl sites for hydroxylation is 2. The summed E-state index contributed by atoms with van der Waals surface area (Å²) in [6.07, 6.45) is 2.53. The summed E-state index contributed by atoms with van der Waals surface area (Å²) < 4.78 is 6.77. The fourth-order valence-corrected chi connectivity index (χ4v) is 2.48. The van der Waals surface area contributed by atoms with Crippen LogP contribution >= 0.6 is 15.9 Å². The van der Waals surface area contributed by atoms with Gasteiger partial charge in [-0.05, 0) is 30.5 Å². The molecule has 0 bridgehead atoms. The molecule has 5 heteroatoms. The molecule has 0 unspecified atom stereocenters. The van der Waals surface area contributed by atoms with Crippen molar-refractivity contribution in [3.05, 3.63) is 28.1 Å². The molecule has 1 aromatic carbocycles. The summed E-state index contributed by atoms with van der Waals surface area (Å²) in [7, 11) is 0. The predicted molar refractivity (Wildman–Crippen MR) is 78.1 cm³/mol.